The van der Waals surface area contributed by atoms with Crippen molar-refractivity contribution in [2.45, 2.75) is 13.3 Å². The number of amides is 2. The Morgan fingerprint density at radius 2 is 2.00 bits per heavy atom. The van der Waals surface area contributed by atoms with Gasteiger partial charge in [-0.25, -0.2) is 4.79 Å². The maximum atomic E-state index is 12.1. The van der Waals surface area contributed by atoms with Gasteiger partial charge >= 0.3 is 6.03 Å². The topological polar surface area (TPSA) is 65.5 Å². The van der Waals surface area contributed by atoms with Gasteiger partial charge in [0.15, 0.2) is 0 Å². The molecule has 5 nitrogen and oxygen atoms in total. The zero-order chi connectivity index (χ0) is 16.9. The van der Waals surface area contributed by atoms with Crippen molar-refractivity contribution in [3.05, 3.63) is 58.6 Å². The lowest BCUT2D eigenvalue weighted by Gasteiger charge is -2.10. The average molecular weight is 343 g/mol. The Kier molecular flexibility index (Phi) is 5.01. The number of amidine groups is 1. The van der Waals surface area contributed by atoms with E-state index in [2.05, 4.69) is 20.9 Å². The molecule has 0 saturated carbocycles. The normalized spacial score (nSPS) is 13.2. The molecule has 24 heavy (non-hydrogen) atoms. The van der Waals surface area contributed by atoms with Crippen LogP contribution in [0.4, 0.5) is 16.2 Å². The molecule has 1 aliphatic rings. The number of nitrogens with zero attached hydrogens (tertiary/aromatic N) is 1. The Labute approximate surface area is 146 Å². The molecule has 0 unspecified atom stereocenters. The van der Waals surface area contributed by atoms with Gasteiger partial charge in [0.25, 0.3) is 0 Å². The van der Waals surface area contributed by atoms with Crippen LogP contribution in [0.3, 0.4) is 0 Å². The Hall–Kier alpha value is -2.53. The van der Waals surface area contributed by atoms with Crippen LogP contribution in [0.15, 0.2) is 47.5 Å². The smallest absolute Gasteiger partial charge is 0.323 e. The van der Waals surface area contributed by atoms with Crippen LogP contribution in [0.1, 0.15) is 11.1 Å². The number of urea groups is 1. The summed E-state index contributed by atoms with van der Waals surface area (Å²) in [4.78, 5) is 16.5. The molecular formula is C18H19ClN4O. The Morgan fingerprint density at radius 1 is 1.21 bits per heavy atom. The molecule has 2 aromatic carbocycles. The number of hydrogen-bond donors (Lipinski definition) is 3. The molecule has 0 fully saturated rings. The maximum absolute atomic E-state index is 12.1. The first kappa shape index (κ1) is 16.3. The van der Waals surface area contributed by atoms with Gasteiger partial charge in [-0.1, -0.05) is 29.8 Å². The number of halogens is 1. The lowest BCUT2D eigenvalue weighted by Crippen LogP contribution is -2.21. The lowest BCUT2D eigenvalue weighted by molar-refractivity contribution is 0.262. The quantitative estimate of drug-likeness (QED) is 0.790. The maximum Gasteiger partial charge on any atom is 0.323 e. The van der Waals surface area contributed by atoms with Crippen molar-refractivity contribution < 1.29 is 4.79 Å². The monoisotopic (exact) mass is 342 g/mol. The second-order valence-corrected chi connectivity index (χ2v) is 6.08. The van der Waals surface area contributed by atoms with Crippen LogP contribution in [0, 0.1) is 6.92 Å². The Bertz CT molecular complexity index is 788. The molecule has 0 bridgehead atoms. The number of aryl methyl sites for hydroxylation is 1. The van der Waals surface area contributed by atoms with E-state index in [0.29, 0.717) is 10.7 Å². The molecule has 3 rings (SSSR count). The van der Waals surface area contributed by atoms with E-state index >= 15 is 0 Å². The fraction of sp³-hybridized carbons (Fsp3) is 0.222. The van der Waals surface area contributed by atoms with Gasteiger partial charge in [0, 0.05) is 29.4 Å². The van der Waals surface area contributed by atoms with E-state index in [9.17, 15) is 4.79 Å². The molecule has 2 amide bonds. The first-order valence-electron chi connectivity index (χ1n) is 7.80. The van der Waals surface area contributed by atoms with Gasteiger partial charge < -0.3 is 16.0 Å². The predicted molar refractivity (Wildman–Crippen MR) is 99.3 cm³/mol. The number of benzene rings is 2. The highest BCUT2D eigenvalue weighted by atomic mass is 35.5. The zero-order valence-electron chi connectivity index (χ0n) is 13.4. The van der Waals surface area contributed by atoms with E-state index in [0.717, 1.165) is 42.2 Å². The van der Waals surface area contributed by atoms with Crippen LogP contribution in [0.5, 0.6) is 0 Å². The van der Waals surface area contributed by atoms with E-state index in [1.807, 2.05) is 43.3 Å². The van der Waals surface area contributed by atoms with Crippen LogP contribution in [0.25, 0.3) is 0 Å². The van der Waals surface area contributed by atoms with Crippen LogP contribution in [-0.4, -0.2) is 25.0 Å². The van der Waals surface area contributed by atoms with Crippen molar-refractivity contribution in [1.29, 1.82) is 0 Å². The number of carbonyl (C=O) groups is 1. The van der Waals surface area contributed by atoms with Gasteiger partial charge in [0.1, 0.15) is 5.84 Å². The fourth-order valence-corrected chi connectivity index (χ4v) is 2.66. The third-order valence-corrected chi connectivity index (χ3v) is 4.14. The minimum absolute atomic E-state index is 0.302. The molecule has 0 radical (unpaired) electrons. The molecule has 0 aliphatic carbocycles. The molecule has 1 heterocycles. The molecule has 0 spiro atoms. The summed E-state index contributed by atoms with van der Waals surface area (Å²) >= 11 is 6.07. The van der Waals surface area contributed by atoms with Gasteiger partial charge in [0.05, 0.1) is 6.54 Å². The summed E-state index contributed by atoms with van der Waals surface area (Å²) in [6, 6.07) is 12.9. The number of carbonyl (C=O) groups excluding carboxylic acids is 1. The van der Waals surface area contributed by atoms with Crippen molar-refractivity contribution in [2.24, 2.45) is 4.99 Å². The van der Waals surface area contributed by atoms with Gasteiger partial charge in [-0.05, 0) is 42.3 Å². The van der Waals surface area contributed by atoms with Gasteiger partial charge in [-0.15, -0.1) is 0 Å². The molecule has 2 aromatic rings. The first-order chi connectivity index (χ1) is 11.6. The highest BCUT2D eigenvalue weighted by Gasteiger charge is 2.08. The molecular weight excluding hydrogens is 324 g/mol. The Morgan fingerprint density at radius 3 is 2.71 bits per heavy atom. The number of hydrogen-bond acceptors (Lipinski definition) is 3. The summed E-state index contributed by atoms with van der Waals surface area (Å²) in [6.07, 6.45) is 0.741. The second kappa shape index (κ2) is 7.36. The van der Waals surface area contributed by atoms with Crippen LogP contribution < -0.4 is 16.0 Å². The molecule has 0 aromatic heterocycles. The number of rotatable bonds is 4. The van der Waals surface area contributed by atoms with Crippen molar-refractivity contribution >= 4 is 34.8 Å². The van der Waals surface area contributed by atoms with Gasteiger partial charge in [-0.2, -0.15) is 0 Å². The largest absolute Gasteiger partial charge is 0.372 e. The number of nitrogens with one attached hydrogen (secondary N) is 3. The van der Waals surface area contributed by atoms with E-state index < -0.39 is 0 Å². The van der Waals surface area contributed by atoms with Crippen LogP contribution >= 0.6 is 11.6 Å². The zero-order valence-corrected chi connectivity index (χ0v) is 14.2. The highest BCUT2D eigenvalue weighted by molar-refractivity contribution is 6.31. The average Bonchev–Trinajstić information content (AvgIpc) is 3.04. The third kappa shape index (κ3) is 4.26. The van der Waals surface area contributed by atoms with E-state index in [1.165, 1.54) is 0 Å². The van der Waals surface area contributed by atoms with E-state index in [4.69, 9.17) is 11.6 Å². The van der Waals surface area contributed by atoms with E-state index in [-0.39, 0.29) is 6.03 Å². The Balaban J connectivity index is 1.62. The number of anilines is 2. The first-order valence-corrected chi connectivity index (χ1v) is 8.18. The van der Waals surface area contributed by atoms with Crippen molar-refractivity contribution in [3.8, 4) is 0 Å². The van der Waals surface area contributed by atoms with Gasteiger partial charge in [-0.3, -0.25) is 4.99 Å². The molecule has 0 saturated heterocycles. The van der Waals surface area contributed by atoms with Crippen LogP contribution in [-0.2, 0) is 6.42 Å². The summed E-state index contributed by atoms with van der Waals surface area (Å²) in [6.45, 7) is 3.64. The van der Waals surface area contributed by atoms with Crippen molar-refractivity contribution in [2.75, 3.05) is 23.7 Å². The fourth-order valence-electron chi connectivity index (χ4n) is 2.48. The second-order valence-electron chi connectivity index (χ2n) is 5.68. The molecule has 6 heteroatoms. The van der Waals surface area contributed by atoms with Gasteiger partial charge in [0.2, 0.25) is 0 Å². The highest BCUT2D eigenvalue weighted by Crippen LogP contribution is 2.20. The minimum Gasteiger partial charge on any atom is -0.372 e. The molecule has 0 atom stereocenters. The predicted octanol–water partition coefficient (Wildman–Crippen LogP) is 3.84. The molecule has 3 N–H and O–H groups in total. The molecule has 124 valence electrons. The summed E-state index contributed by atoms with van der Waals surface area (Å²) in [5.74, 6) is 0.992. The van der Waals surface area contributed by atoms with E-state index in [1.54, 1.807) is 6.07 Å². The standard InChI is InChI=1S/C18H19ClN4O/c1-12-5-6-15(11-16(12)19)23-18(24)22-14-4-2-3-13(9-14)10-17-20-7-8-21-17/h2-6,9,11H,7-8,10H2,1H3,(H,20,21)(H2,22,23,24). The molecule has 1 aliphatic heterocycles. The summed E-state index contributed by atoms with van der Waals surface area (Å²) in [5.41, 5.74) is 3.46. The van der Waals surface area contributed by atoms with Crippen LogP contribution in [0.2, 0.25) is 5.02 Å². The summed E-state index contributed by atoms with van der Waals surface area (Å²) in [7, 11) is 0. The third-order valence-electron chi connectivity index (χ3n) is 3.73. The number of aliphatic imine (C=N–C) groups is 1. The SMILES string of the molecule is Cc1ccc(NC(=O)Nc2cccc(CC3=NCCN3)c2)cc1Cl. The summed E-state index contributed by atoms with van der Waals surface area (Å²) < 4.78 is 0. The summed E-state index contributed by atoms with van der Waals surface area (Å²) in [5, 5.41) is 9.49. The van der Waals surface area contributed by atoms with Crippen molar-refractivity contribution in [3.63, 3.8) is 0 Å². The minimum atomic E-state index is -0.302. The van der Waals surface area contributed by atoms with Crippen molar-refractivity contribution in [1.82, 2.24) is 5.32 Å². The lowest BCUT2D eigenvalue weighted by atomic mass is 10.1.